The van der Waals surface area contributed by atoms with Gasteiger partial charge in [0.2, 0.25) is 5.91 Å². The summed E-state index contributed by atoms with van der Waals surface area (Å²) in [6.07, 6.45) is 3.52. The molecule has 102 valence electrons. The van der Waals surface area contributed by atoms with Crippen molar-refractivity contribution in [2.24, 2.45) is 5.92 Å². The minimum Gasteiger partial charge on any atom is -0.345 e. The molecule has 1 aliphatic heterocycles. The Morgan fingerprint density at radius 1 is 1.44 bits per heavy atom. The van der Waals surface area contributed by atoms with Crippen LogP contribution in [0, 0.1) is 17.2 Å². The molecule has 0 aromatic carbocycles. The van der Waals surface area contributed by atoms with Crippen molar-refractivity contribution >= 4 is 5.91 Å². The molecule has 18 heavy (non-hydrogen) atoms. The van der Waals surface area contributed by atoms with Crippen molar-refractivity contribution in [3.8, 4) is 6.07 Å². The highest BCUT2D eigenvalue weighted by Gasteiger charge is 2.23. The van der Waals surface area contributed by atoms with Crippen molar-refractivity contribution in [1.82, 2.24) is 9.80 Å². The maximum atomic E-state index is 11.9. The van der Waals surface area contributed by atoms with Gasteiger partial charge in [-0.2, -0.15) is 5.26 Å². The Labute approximate surface area is 111 Å². The molecule has 1 aliphatic rings. The van der Waals surface area contributed by atoms with Crippen LogP contribution in [0.1, 0.15) is 39.5 Å². The fourth-order valence-electron chi connectivity index (χ4n) is 2.46. The van der Waals surface area contributed by atoms with Crippen LogP contribution in [0.15, 0.2) is 0 Å². The lowest BCUT2D eigenvalue weighted by molar-refractivity contribution is -0.130. The molecule has 0 aromatic rings. The van der Waals surface area contributed by atoms with E-state index >= 15 is 0 Å². The molecule has 1 rings (SSSR count). The molecule has 4 nitrogen and oxygen atoms in total. The Bertz CT molecular complexity index is 311. The van der Waals surface area contributed by atoms with E-state index in [9.17, 15) is 4.79 Å². The van der Waals surface area contributed by atoms with Gasteiger partial charge in [-0.3, -0.25) is 9.69 Å². The van der Waals surface area contributed by atoms with E-state index in [0.717, 1.165) is 19.0 Å². The van der Waals surface area contributed by atoms with Crippen LogP contribution in [-0.2, 0) is 4.79 Å². The summed E-state index contributed by atoms with van der Waals surface area (Å²) in [6, 6.07) is 2.66. The van der Waals surface area contributed by atoms with Gasteiger partial charge in [0.25, 0.3) is 0 Å². The van der Waals surface area contributed by atoms with Crippen molar-refractivity contribution in [2.45, 2.75) is 45.6 Å². The number of carbonyl (C=O) groups excluding carboxylic acids is 1. The van der Waals surface area contributed by atoms with Gasteiger partial charge in [0.15, 0.2) is 0 Å². The molecule has 1 saturated heterocycles. The molecule has 0 aliphatic carbocycles. The highest BCUT2D eigenvalue weighted by Crippen LogP contribution is 2.21. The van der Waals surface area contributed by atoms with E-state index in [1.165, 1.54) is 12.8 Å². The van der Waals surface area contributed by atoms with Crippen molar-refractivity contribution in [3.63, 3.8) is 0 Å². The Hall–Kier alpha value is -1.08. The molecule has 1 amide bonds. The van der Waals surface area contributed by atoms with Gasteiger partial charge in [0.1, 0.15) is 0 Å². The zero-order valence-electron chi connectivity index (χ0n) is 11.9. The summed E-state index contributed by atoms with van der Waals surface area (Å²) in [4.78, 5) is 16.0. The number of amides is 1. The molecule has 1 fully saturated rings. The number of carbonyl (C=O) groups is 1. The van der Waals surface area contributed by atoms with Crippen LogP contribution in [-0.4, -0.2) is 48.4 Å². The third-order valence-corrected chi connectivity index (χ3v) is 3.84. The summed E-state index contributed by atoms with van der Waals surface area (Å²) in [6.45, 7) is 7.02. The topological polar surface area (TPSA) is 47.3 Å². The predicted molar refractivity (Wildman–Crippen MR) is 71.9 cm³/mol. The van der Waals surface area contributed by atoms with Gasteiger partial charge in [-0.1, -0.05) is 6.92 Å². The van der Waals surface area contributed by atoms with Gasteiger partial charge in [-0.05, 0) is 25.7 Å². The predicted octanol–water partition coefficient (Wildman–Crippen LogP) is 1.87. The van der Waals surface area contributed by atoms with Crippen LogP contribution in [0.2, 0.25) is 0 Å². The summed E-state index contributed by atoms with van der Waals surface area (Å²) < 4.78 is 0. The molecule has 4 heteroatoms. The second-order valence-corrected chi connectivity index (χ2v) is 5.50. The number of hydrogen-bond acceptors (Lipinski definition) is 3. The first kappa shape index (κ1) is 15.0. The van der Waals surface area contributed by atoms with Crippen LogP contribution in [0.5, 0.6) is 0 Å². The molecule has 0 saturated carbocycles. The highest BCUT2D eigenvalue weighted by atomic mass is 16.2. The average molecular weight is 251 g/mol. The van der Waals surface area contributed by atoms with Crippen LogP contribution in [0.3, 0.4) is 0 Å². The van der Waals surface area contributed by atoms with E-state index < -0.39 is 0 Å². The van der Waals surface area contributed by atoms with Gasteiger partial charge in [0, 0.05) is 39.1 Å². The summed E-state index contributed by atoms with van der Waals surface area (Å²) in [5.74, 6) is 0.892. The molecular formula is C14H25N3O. The fourth-order valence-corrected chi connectivity index (χ4v) is 2.46. The number of piperidine rings is 1. The second-order valence-electron chi connectivity index (χ2n) is 5.50. The fraction of sp³-hybridized carbons (Fsp3) is 0.857. The molecular weight excluding hydrogens is 226 g/mol. The second kappa shape index (κ2) is 7.38. The quantitative estimate of drug-likeness (QED) is 0.749. The summed E-state index contributed by atoms with van der Waals surface area (Å²) >= 11 is 0. The number of nitriles is 1. The first-order valence-electron chi connectivity index (χ1n) is 6.89. The molecule has 2 atom stereocenters. The summed E-state index contributed by atoms with van der Waals surface area (Å²) in [7, 11) is 1.78. The smallest absolute Gasteiger partial charge is 0.223 e. The van der Waals surface area contributed by atoms with Crippen LogP contribution in [0.25, 0.3) is 0 Å². The maximum absolute atomic E-state index is 11.9. The van der Waals surface area contributed by atoms with Crippen molar-refractivity contribution in [3.05, 3.63) is 0 Å². The van der Waals surface area contributed by atoms with Crippen molar-refractivity contribution < 1.29 is 4.79 Å². The third kappa shape index (κ3) is 4.66. The zero-order valence-corrected chi connectivity index (χ0v) is 11.9. The van der Waals surface area contributed by atoms with Crippen molar-refractivity contribution in [1.29, 1.82) is 5.26 Å². The normalized spacial score (nSPS) is 24.6. The lowest BCUT2D eigenvalue weighted by Crippen LogP contribution is -2.43. The number of rotatable bonds is 5. The van der Waals surface area contributed by atoms with E-state index in [2.05, 4.69) is 24.8 Å². The molecule has 0 spiro atoms. The zero-order chi connectivity index (χ0) is 13.5. The largest absolute Gasteiger partial charge is 0.345 e. The molecule has 0 radical (unpaired) electrons. The monoisotopic (exact) mass is 251 g/mol. The van der Waals surface area contributed by atoms with Crippen molar-refractivity contribution in [2.75, 3.05) is 26.7 Å². The Morgan fingerprint density at radius 3 is 2.83 bits per heavy atom. The van der Waals surface area contributed by atoms with Crippen LogP contribution >= 0.6 is 0 Å². The third-order valence-electron chi connectivity index (χ3n) is 3.84. The first-order chi connectivity index (χ1) is 8.54. The van der Waals surface area contributed by atoms with E-state index in [0.29, 0.717) is 25.4 Å². The molecule has 0 bridgehead atoms. The Kier molecular flexibility index (Phi) is 6.14. The minimum absolute atomic E-state index is 0.149. The lowest BCUT2D eigenvalue weighted by atomic mass is 9.95. The summed E-state index contributed by atoms with van der Waals surface area (Å²) in [5.41, 5.74) is 0. The molecule has 0 aromatic heterocycles. The molecule has 0 N–H and O–H groups in total. The standard InChI is InChI=1S/C14H25N3O/c1-12-5-6-13(2)17(11-12)10-7-14(18)16(3)9-4-8-15/h12-13H,4-7,9-11H2,1-3H3. The number of nitrogens with zero attached hydrogens (tertiary/aromatic N) is 3. The van der Waals surface area contributed by atoms with E-state index in [4.69, 9.17) is 5.26 Å². The SMILES string of the molecule is CC1CCC(C)N(CCC(=O)N(C)CCC#N)C1. The van der Waals surface area contributed by atoms with E-state index in [1.54, 1.807) is 11.9 Å². The van der Waals surface area contributed by atoms with Crippen LogP contribution < -0.4 is 0 Å². The first-order valence-corrected chi connectivity index (χ1v) is 6.89. The van der Waals surface area contributed by atoms with Gasteiger partial charge in [-0.25, -0.2) is 0 Å². The molecule has 2 unspecified atom stereocenters. The highest BCUT2D eigenvalue weighted by molar-refractivity contribution is 5.76. The van der Waals surface area contributed by atoms with Gasteiger partial charge in [-0.15, -0.1) is 0 Å². The van der Waals surface area contributed by atoms with Crippen LogP contribution in [0.4, 0.5) is 0 Å². The van der Waals surface area contributed by atoms with Gasteiger partial charge < -0.3 is 4.90 Å². The lowest BCUT2D eigenvalue weighted by Gasteiger charge is -2.36. The Morgan fingerprint density at radius 2 is 2.17 bits per heavy atom. The van der Waals surface area contributed by atoms with Gasteiger partial charge in [0.05, 0.1) is 12.5 Å². The maximum Gasteiger partial charge on any atom is 0.223 e. The summed E-state index contributed by atoms with van der Waals surface area (Å²) in [5, 5.41) is 8.50. The minimum atomic E-state index is 0.149. The van der Waals surface area contributed by atoms with E-state index in [1.807, 2.05) is 0 Å². The average Bonchev–Trinajstić information content (AvgIpc) is 2.36. The molecule has 1 heterocycles. The number of likely N-dealkylation sites (tertiary alicyclic amines) is 1. The van der Waals surface area contributed by atoms with E-state index in [-0.39, 0.29) is 5.91 Å². The Balaban J connectivity index is 2.30. The number of hydrogen-bond donors (Lipinski definition) is 0. The van der Waals surface area contributed by atoms with Gasteiger partial charge >= 0.3 is 0 Å².